The molecule has 0 saturated heterocycles. The molecule has 0 fully saturated rings. The third-order valence-electron chi connectivity index (χ3n) is 3.04. The fourth-order valence-electron chi connectivity index (χ4n) is 0.995. The van der Waals surface area contributed by atoms with Gasteiger partial charge in [-0.25, -0.2) is 0 Å². The van der Waals surface area contributed by atoms with Gasteiger partial charge >= 0.3 is 0 Å². The second kappa shape index (κ2) is 6.41. The molecule has 0 heterocycles. The van der Waals surface area contributed by atoms with E-state index in [1.807, 2.05) is 6.92 Å². The predicted octanol–water partition coefficient (Wildman–Crippen LogP) is 2.68. The lowest BCUT2D eigenvalue weighted by Gasteiger charge is -2.31. The van der Waals surface area contributed by atoms with Crippen LogP contribution in [0, 0.1) is 11.3 Å². The van der Waals surface area contributed by atoms with E-state index in [2.05, 4.69) is 39.9 Å². The highest BCUT2D eigenvalue weighted by Gasteiger charge is 2.22. The first-order chi connectivity index (χ1) is 6.40. The van der Waals surface area contributed by atoms with E-state index in [4.69, 9.17) is 4.74 Å². The Bertz CT molecular complexity index is 143. The van der Waals surface area contributed by atoms with Gasteiger partial charge in [-0.05, 0) is 25.2 Å². The quantitative estimate of drug-likeness (QED) is 0.684. The molecule has 0 radical (unpaired) electrons. The first-order valence-corrected chi connectivity index (χ1v) is 5.71. The van der Waals surface area contributed by atoms with Crippen molar-refractivity contribution in [2.45, 2.75) is 47.6 Å². The van der Waals surface area contributed by atoms with Crippen LogP contribution in [0.5, 0.6) is 0 Å². The van der Waals surface area contributed by atoms with Gasteiger partial charge in [0.25, 0.3) is 0 Å². The van der Waals surface area contributed by atoms with Crippen LogP contribution in [-0.2, 0) is 4.74 Å². The zero-order valence-corrected chi connectivity index (χ0v) is 10.7. The Hall–Kier alpha value is -0.0800. The minimum atomic E-state index is 0.362. The molecule has 0 amide bonds. The Morgan fingerprint density at radius 1 is 1.21 bits per heavy atom. The van der Waals surface area contributed by atoms with Crippen molar-refractivity contribution in [3.8, 4) is 0 Å². The first kappa shape index (κ1) is 13.9. The molecule has 0 saturated carbocycles. The summed E-state index contributed by atoms with van der Waals surface area (Å²) in [6.07, 6.45) is 0. The molecule has 0 aliphatic carbocycles. The van der Waals surface area contributed by atoms with Crippen LogP contribution in [0.1, 0.15) is 41.5 Å². The first-order valence-electron chi connectivity index (χ1n) is 5.71. The molecule has 0 aromatic heterocycles. The molecule has 14 heavy (non-hydrogen) atoms. The molecule has 0 aliphatic heterocycles. The molecule has 1 atom stereocenters. The maximum Gasteiger partial charge on any atom is 0.0616 e. The second-order valence-electron chi connectivity index (χ2n) is 5.08. The van der Waals surface area contributed by atoms with Gasteiger partial charge in [0.15, 0.2) is 0 Å². The third kappa shape index (κ3) is 5.61. The minimum absolute atomic E-state index is 0.362. The van der Waals surface area contributed by atoms with E-state index < -0.39 is 0 Å². The summed E-state index contributed by atoms with van der Waals surface area (Å²) in [5.41, 5.74) is 0.362. The van der Waals surface area contributed by atoms with Crippen LogP contribution >= 0.6 is 0 Å². The molecule has 1 N–H and O–H groups in total. The van der Waals surface area contributed by atoms with Gasteiger partial charge in [0.2, 0.25) is 0 Å². The molecule has 2 heteroatoms. The van der Waals surface area contributed by atoms with Crippen LogP contribution in [0.15, 0.2) is 0 Å². The van der Waals surface area contributed by atoms with Gasteiger partial charge in [0, 0.05) is 19.2 Å². The molecule has 0 spiro atoms. The second-order valence-corrected chi connectivity index (χ2v) is 5.08. The topological polar surface area (TPSA) is 21.3 Å². The smallest absolute Gasteiger partial charge is 0.0616 e. The molecule has 0 aliphatic rings. The molecule has 86 valence electrons. The fourth-order valence-corrected chi connectivity index (χ4v) is 0.995. The Labute approximate surface area is 89.4 Å². The van der Waals surface area contributed by atoms with Crippen molar-refractivity contribution in [3.63, 3.8) is 0 Å². The van der Waals surface area contributed by atoms with Crippen molar-refractivity contribution in [1.29, 1.82) is 0 Å². The van der Waals surface area contributed by atoms with Crippen molar-refractivity contribution in [2.24, 2.45) is 11.3 Å². The van der Waals surface area contributed by atoms with Crippen molar-refractivity contribution < 1.29 is 4.74 Å². The highest BCUT2D eigenvalue weighted by molar-refractivity contribution is 4.76. The summed E-state index contributed by atoms with van der Waals surface area (Å²) in [4.78, 5) is 0. The van der Waals surface area contributed by atoms with Crippen molar-refractivity contribution in [3.05, 3.63) is 0 Å². The van der Waals surface area contributed by atoms with Crippen LogP contribution in [0.3, 0.4) is 0 Å². The zero-order chi connectivity index (χ0) is 11.2. The maximum absolute atomic E-state index is 5.36. The molecule has 2 nitrogen and oxygen atoms in total. The Balaban J connectivity index is 3.70. The summed E-state index contributed by atoms with van der Waals surface area (Å²) < 4.78 is 5.36. The van der Waals surface area contributed by atoms with Gasteiger partial charge in [0.05, 0.1) is 6.61 Å². The van der Waals surface area contributed by atoms with E-state index in [9.17, 15) is 0 Å². The number of ether oxygens (including phenoxy) is 1. The van der Waals surface area contributed by atoms with Crippen molar-refractivity contribution in [1.82, 2.24) is 5.32 Å². The highest BCUT2D eigenvalue weighted by Crippen LogP contribution is 2.24. The monoisotopic (exact) mass is 201 g/mol. The highest BCUT2D eigenvalue weighted by atomic mass is 16.5. The molecule has 0 aromatic carbocycles. The summed E-state index contributed by atoms with van der Waals surface area (Å²) in [5.74, 6) is 0.703. The molecular weight excluding hydrogens is 174 g/mol. The lowest BCUT2D eigenvalue weighted by Crippen LogP contribution is -2.40. The van der Waals surface area contributed by atoms with Crippen LogP contribution < -0.4 is 5.32 Å². The fraction of sp³-hybridized carbons (Fsp3) is 1.00. The van der Waals surface area contributed by atoms with Gasteiger partial charge < -0.3 is 10.1 Å². The average Bonchev–Trinajstić information content (AvgIpc) is 2.11. The summed E-state index contributed by atoms with van der Waals surface area (Å²) in [7, 11) is 0. The van der Waals surface area contributed by atoms with Crippen LogP contribution in [0.25, 0.3) is 0 Å². The minimum Gasteiger partial charge on any atom is -0.380 e. The summed E-state index contributed by atoms with van der Waals surface area (Å²) >= 11 is 0. The van der Waals surface area contributed by atoms with Crippen LogP contribution in [0.2, 0.25) is 0 Å². The molecule has 1 unspecified atom stereocenters. The number of nitrogens with one attached hydrogen (secondary N) is 1. The van der Waals surface area contributed by atoms with Gasteiger partial charge in [-0.15, -0.1) is 0 Å². The van der Waals surface area contributed by atoms with Crippen LogP contribution in [0.4, 0.5) is 0 Å². The Kier molecular flexibility index (Phi) is 6.38. The molecule has 0 rings (SSSR count). The number of rotatable bonds is 7. The predicted molar refractivity (Wildman–Crippen MR) is 62.6 cm³/mol. The molecular formula is C12H27NO. The Morgan fingerprint density at radius 3 is 2.21 bits per heavy atom. The maximum atomic E-state index is 5.36. The summed E-state index contributed by atoms with van der Waals surface area (Å²) in [6.45, 7) is 16.0. The summed E-state index contributed by atoms with van der Waals surface area (Å²) in [5, 5.41) is 3.51. The van der Waals surface area contributed by atoms with E-state index in [0.717, 1.165) is 19.8 Å². The SMILES string of the molecule is CCOCC(C)NCC(C)(C)C(C)C. The van der Waals surface area contributed by atoms with Gasteiger partial charge in [-0.2, -0.15) is 0 Å². The number of hydrogen-bond acceptors (Lipinski definition) is 2. The van der Waals surface area contributed by atoms with Crippen molar-refractivity contribution in [2.75, 3.05) is 19.8 Å². The standard InChI is InChI=1S/C12H27NO/c1-7-14-8-11(4)13-9-12(5,6)10(2)3/h10-11,13H,7-9H2,1-6H3. The number of hydrogen-bond donors (Lipinski definition) is 1. The van der Waals surface area contributed by atoms with Gasteiger partial charge in [0.1, 0.15) is 0 Å². The normalized spacial score (nSPS) is 14.8. The Morgan fingerprint density at radius 2 is 1.79 bits per heavy atom. The molecule has 0 aromatic rings. The zero-order valence-electron chi connectivity index (χ0n) is 10.7. The van der Waals surface area contributed by atoms with E-state index in [1.165, 1.54) is 0 Å². The lowest BCUT2D eigenvalue weighted by molar-refractivity contribution is 0.119. The van der Waals surface area contributed by atoms with E-state index >= 15 is 0 Å². The van der Waals surface area contributed by atoms with Crippen molar-refractivity contribution >= 4 is 0 Å². The summed E-state index contributed by atoms with van der Waals surface area (Å²) in [6, 6.07) is 0.452. The lowest BCUT2D eigenvalue weighted by atomic mass is 9.81. The molecule has 0 bridgehead atoms. The van der Waals surface area contributed by atoms with E-state index in [0.29, 0.717) is 17.4 Å². The van der Waals surface area contributed by atoms with E-state index in [-0.39, 0.29) is 0 Å². The largest absolute Gasteiger partial charge is 0.380 e. The van der Waals surface area contributed by atoms with Gasteiger partial charge in [-0.3, -0.25) is 0 Å². The third-order valence-corrected chi connectivity index (χ3v) is 3.04. The van der Waals surface area contributed by atoms with Gasteiger partial charge in [-0.1, -0.05) is 27.7 Å². The van der Waals surface area contributed by atoms with E-state index in [1.54, 1.807) is 0 Å². The van der Waals surface area contributed by atoms with Crippen LogP contribution in [-0.4, -0.2) is 25.8 Å². The average molecular weight is 201 g/mol.